The Morgan fingerprint density at radius 2 is 1.15 bits per heavy atom. The van der Waals surface area contributed by atoms with E-state index in [1.807, 2.05) is 4.90 Å². The number of hydrogen-bond donors (Lipinski definition) is 1. The Balaban J connectivity index is 0.000000337. The predicted molar refractivity (Wildman–Crippen MR) is 111 cm³/mol. The van der Waals surface area contributed by atoms with Crippen molar-refractivity contribution in [2.75, 3.05) is 32.8 Å². The second-order valence-electron chi connectivity index (χ2n) is 7.87. The summed E-state index contributed by atoms with van der Waals surface area (Å²) in [5, 5.41) is 8.45. The third kappa shape index (κ3) is 11.4. The Morgan fingerprint density at radius 1 is 0.704 bits per heavy atom. The number of unbranched alkanes of at least 4 members (excludes halogenated alkanes) is 9. The molecule has 0 aliphatic carbocycles. The van der Waals surface area contributed by atoms with Crippen LogP contribution in [-0.4, -0.2) is 59.5 Å². The van der Waals surface area contributed by atoms with Gasteiger partial charge in [0.05, 0.1) is 6.61 Å². The van der Waals surface area contributed by atoms with Crippen molar-refractivity contribution in [2.24, 2.45) is 0 Å². The molecule has 2 aliphatic heterocycles. The van der Waals surface area contributed by atoms with Crippen LogP contribution < -0.4 is 0 Å². The lowest BCUT2D eigenvalue weighted by Crippen LogP contribution is -2.27. The van der Waals surface area contributed by atoms with E-state index < -0.39 is 0 Å². The van der Waals surface area contributed by atoms with Gasteiger partial charge in [-0.05, 0) is 19.3 Å². The minimum absolute atomic E-state index is 0.0890. The lowest BCUT2D eigenvalue weighted by atomic mass is 10.1. The van der Waals surface area contributed by atoms with Crippen molar-refractivity contribution in [3.05, 3.63) is 0 Å². The van der Waals surface area contributed by atoms with E-state index in [1.54, 1.807) is 4.90 Å². The fourth-order valence-corrected chi connectivity index (χ4v) is 3.79. The molecule has 0 aromatic heterocycles. The van der Waals surface area contributed by atoms with Crippen LogP contribution in [0.25, 0.3) is 0 Å². The SMILES string of the molecule is CCCCCCCCCCCCN1CCCC1=O.O=C1CCCN1CCO. The van der Waals surface area contributed by atoms with Gasteiger partial charge in [0.1, 0.15) is 0 Å². The normalized spacial score (nSPS) is 16.8. The average Bonchev–Trinajstić information content (AvgIpc) is 3.26. The maximum absolute atomic E-state index is 11.4. The molecular formula is C22H42N2O3. The van der Waals surface area contributed by atoms with E-state index in [2.05, 4.69) is 6.92 Å². The predicted octanol–water partition coefficient (Wildman–Crippen LogP) is 4.13. The Labute approximate surface area is 166 Å². The minimum Gasteiger partial charge on any atom is -0.395 e. The van der Waals surface area contributed by atoms with Crippen LogP contribution in [0.2, 0.25) is 0 Å². The number of rotatable bonds is 13. The summed E-state index contributed by atoms with van der Waals surface area (Å²) in [6.07, 6.45) is 17.2. The summed E-state index contributed by atoms with van der Waals surface area (Å²) in [4.78, 5) is 25.9. The lowest BCUT2D eigenvalue weighted by Gasteiger charge is -2.14. The van der Waals surface area contributed by atoms with Gasteiger partial charge in [0.2, 0.25) is 11.8 Å². The Morgan fingerprint density at radius 3 is 1.56 bits per heavy atom. The van der Waals surface area contributed by atoms with E-state index in [0.717, 1.165) is 38.9 Å². The van der Waals surface area contributed by atoms with Gasteiger partial charge >= 0.3 is 0 Å². The van der Waals surface area contributed by atoms with Crippen LogP contribution in [0.3, 0.4) is 0 Å². The van der Waals surface area contributed by atoms with Crippen molar-refractivity contribution in [3.63, 3.8) is 0 Å². The molecule has 5 heteroatoms. The first kappa shape index (κ1) is 23.9. The number of carbonyl (C=O) groups excluding carboxylic acids is 2. The molecular weight excluding hydrogens is 340 g/mol. The Bertz CT molecular complexity index is 401. The van der Waals surface area contributed by atoms with Crippen LogP contribution in [0, 0.1) is 0 Å². The van der Waals surface area contributed by atoms with E-state index in [1.165, 1.54) is 64.2 Å². The molecule has 0 aromatic carbocycles. The highest BCUT2D eigenvalue weighted by Crippen LogP contribution is 2.13. The van der Waals surface area contributed by atoms with E-state index in [0.29, 0.717) is 18.9 Å². The van der Waals surface area contributed by atoms with Gasteiger partial charge in [0.15, 0.2) is 0 Å². The highest BCUT2D eigenvalue weighted by Gasteiger charge is 2.19. The molecule has 2 fully saturated rings. The highest BCUT2D eigenvalue weighted by atomic mass is 16.3. The summed E-state index contributed by atoms with van der Waals surface area (Å²) in [5.74, 6) is 0.565. The maximum Gasteiger partial charge on any atom is 0.222 e. The summed E-state index contributed by atoms with van der Waals surface area (Å²) in [5.41, 5.74) is 0. The third-order valence-corrected chi connectivity index (χ3v) is 5.49. The van der Waals surface area contributed by atoms with Crippen LogP contribution in [0.5, 0.6) is 0 Å². The van der Waals surface area contributed by atoms with Crippen LogP contribution >= 0.6 is 0 Å². The van der Waals surface area contributed by atoms with Gasteiger partial charge in [-0.1, -0.05) is 64.7 Å². The summed E-state index contributed by atoms with van der Waals surface area (Å²) in [6, 6.07) is 0. The van der Waals surface area contributed by atoms with Gasteiger partial charge in [-0.2, -0.15) is 0 Å². The number of aliphatic hydroxyl groups is 1. The quantitative estimate of drug-likeness (QED) is 0.487. The average molecular weight is 383 g/mol. The van der Waals surface area contributed by atoms with Crippen molar-refractivity contribution >= 4 is 11.8 Å². The van der Waals surface area contributed by atoms with Crippen LogP contribution in [0.1, 0.15) is 96.8 Å². The molecule has 0 atom stereocenters. The van der Waals surface area contributed by atoms with Crippen molar-refractivity contribution < 1.29 is 14.7 Å². The standard InChI is InChI=1S/C16H31NO.C6H11NO2/c1-2-3-4-5-6-7-8-9-10-11-14-17-15-12-13-16(17)18;8-5-4-7-3-1-2-6(7)9/h2-15H2,1H3;8H,1-5H2. The minimum atomic E-state index is 0.0890. The lowest BCUT2D eigenvalue weighted by molar-refractivity contribution is -0.128. The van der Waals surface area contributed by atoms with Crippen molar-refractivity contribution in [2.45, 2.75) is 96.8 Å². The molecule has 2 rings (SSSR count). The van der Waals surface area contributed by atoms with Gasteiger partial charge in [0, 0.05) is 39.0 Å². The zero-order valence-corrected chi connectivity index (χ0v) is 17.6. The largest absolute Gasteiger partial charge is 0.395 e. The molecule has 2 aliphatic rings. The molecule has 0 radical (unpaired) electrons. The molecule has 27 heavy (non-hydrogen) atoms. The van der Waals surface area contributed by atoms with Crippen LogP contribution in [0.15, 0.2) is 0 Å². The fraction of sp³-hybridized carbons (Fsp3) is 0.909. The number of carbonyl (C=O) groups is 2. The van der Waals surface area contributed by atoms with Crippen LogP contribution in [0.4, 0.5) is 0 Å². The molecule has 5 nitrogen and oxygen atoms in total. The van der Waals surface area contributed by atoms with Crippen molar-refractivity contribution in [3.8, 4) is 0 Å². The van der Waals surface area contributed by atoms with E-state index in [4.69, 9.17) is 5.11 Å². The zero-order valence-electron chi connectivity index (χ0n) is 17.6. The number of likely N-dealkylation sites (tertiary alicyclic amines) is 2. The molecule has 0 aromatic rings. The first-order chi connectivity index (χ1) is 13.2. The fourth-order valence-electron chi connectivity index (χ4n) is 3.79. The monoisotopic (exact) mass is 382 g/mol. The first-order valence-corrected chi connectivity index (χ1v) is 11.4. The molecule has 0 saturated carbocycles. The van der Waals surface area contributed by atoms with Crippen molar-refractivity contribution in [1.29, 1.82) is 0 Å². The smallest absolute Gasteiger partial charge is 0.222 e. The summed E-state index contributed by atoms with van der Waals surface area (Å²) in [7, 11) is 0. The molecule has 0 unspecified atom stereocenters. The van der Waals surface area contributed by atoms with Crippen LogP contribution in [-0.2, 0) is 9.59 Å². The van der Waals surface area contributed by atoms with E-state index in [9.17, 15) is 9.59 Å². The number of aliphatic hydroxyl groups excluding tert-OH is 1. The second-order valence-corrected chi connectivity index (χ2v) is 7.87. The Hall–Kier alpha value is -1.10. The topological polar surface area (TPSA) is 60.9 Å². The molecule has 2 saturated heterocycles. The highest BCUT2D eigenvalue weighted by molar-refractivity contribution is 5.78. The van der Waals surface area contributed by atoms with Gasteiger partial charge in [-0.3, -0.25) is 9.59 Å². The van der Waals surface area contributed by atoms with Gasteiger partial charge < -0.3 is 14.9 Å². The molecule has 158 valence electrons. The third-order valence-electron chi connectivity index (χ3n) is 5.49. The molecule has 2 amide bonds. The van der Waals surface area contributed by atoms with Crippen molar-refractivity contribution in [1.82, 2.24) is 9.80 Å². The summed E-state index contributed by atoms with van der Waals surface area (Å²) in [6.45, 7) is 5.72. The van der Waals surface area contributed by atoms with E-state index in [-0.39, 0.29) is 12.5 Å². The van der Waals surface area contributed by atoms with Gasteiger partial charge in [0.25, 0.3) is 0 Å². The Kier molecular flexibility index (Phi) is 14.1. The number of β-amino-alcohol motifs (C(OH)–C–C–N with tert-alkyl or cyclic N) is 1. The number of hydrogen-bond acceptors (Lipinski definition) is 3. The van der Waals surface area contributed by atoms with Gasteiger partial charge in [-0.15, -0.1) is 0 Å². The summed E-state index contributed by atoms with van der Waals surface area (Å²) >= 11 is 0. The number of amides is 2. The van der Waals surface area contributed by atoms with Gasteiger partial charge in [-0.25, -0.2) is 0 Å². The second kappa shape index (κ2) is 15.9. The van der Waals surface area contributed by atoms with E-state index >= 15 is 0 Å². The first-order valence-electron chi connectivity index (χ1n) is 11.4. The molecule has 0 spiro atoms. The molecule has 2 heterocycles. The molecule has 1 N–H and O–H groups in total. The molecule has 0 bridgehead atoms. The maximum atomic E-state index is 11.4. The zero-order chi connectivity index (χ0) is 19.7. The summed E-state index contributed by atoms with van der Waals surface area (Å²) < 4.78 is 0. The number of nitrogens with zero attached hydrogens (tertiary/aromatic N) is 2.